The Hall–Kier alpha value is 1.02. The minimum absolute atomic E-state index is 0. The molecule has 0 amide bonds. The van der Waals surface area contributed by atoms with Gasteiger partial charge < -0.3 is 23.7 Å². The molecule has 0 aliphatic heterocycles. The Kier molecular flexibility index (Phi) is 22.3. The molecular weight excluding hydrogens is 321 g/mol. The molecule has 0 saturated carbocycles. The van der Waals surface area contributed by atoms with Crippen LogP contribution in [0.25, 0.3) is 0 Å². The molecule has 0 rings (SSSR count). The monoisotopic (exact) mass is 359 g/mol. The van der Waals surface area contributed by atoms with Crippen LogP contribution in [0.4, 0.5) is 0 Å². The van der Waals surface area contributed by atoms with Gasteiger partial charge >= 0.3 is 29.6 Å². The van der Waals surface area contributed by atoms with Crippen molar-refractivity contribution >= 4 is 9.05 Å². The van der Waals surface area contributed by atoms with Crippen molar-refractivity contribution < 1.29 is 53.2 Å². The summed E-state index contributed by atoms with van der Waals surface area (Å²) < 4.78 is 1.42. The topological polar surface area (TPSA) is 86.6 Å². The van der Waals surface area contributed by atoms with Gasteiger partial charge in [0, 0.05) is 0 Å². The molecule has 0 unspecified atom stereocenters. The second kappa shape index (κ2) is 17.8. The van der Waals surface area contributed by atoms with Crippen LogP contribution in [0.2, 0.25) is 0 Å². The van der Waals surface area contributed by atoms with Gasteiger partial charge in [0.15, 0.2) is 0 Å². The van der Waals surface area contributed by atoms with Crippen LogP contribution >= 0.6 is 0 Å². The Morgan fingerprint density at radius 2 is 0.826 bits per heavy atom. The summed E-state index contributed by atoms with van der Waals surface area (Å²) in [6.45, 7) is 15.0. The molecule has 136 valence electrons. The van der Waals surface area contributed by atoms with Crippen molar-refractivity contribution in [1.82, 2.24) is 0 Å². The first-order valence-electron chi connectivity index (χ1n) is 8.95. The van der Waals surface area contributed by atoms with Crippen LogP contribution in [-0.4, -0.2) is 49.3 Å². The zero-order valence-electron chi connectivity index (χ0n) is 16.1. The Morgan fingerprint density at radius 3 is 0.957 bits per heavy atom. The molecule has 0 aromatic rings. The van der Waals surface area contributed by atoms with Crippen molar-refractivity contribution in [2.75, 3.05) is 26.2 Å². The normalized spacial score (nSPS) is 11.5. The zero-order chi connectivity index (χ0) is 17.5. The fourth-order valence-electron chi connectivity index (χ4n) is 2.64. The molecule has 0 aromatic heterocycles. The van der Waals surface area contributed by atoms with E-state index in [1.54, 1.807) is 0 Å². The van der Waals surface area contributed by atoms with E-state index < -0.39 is 9.05 Å². The van der Waals surface area contributed by atoms with Crippen LogP contribution in [-0.2, 0) is 0 Å². The van der Waals surface area contributed by atoms with Crippen molar-refractivity contribution in [3.8, 4) is 0 Å². The molecular formula is C16H38NNaO4Si. The molecule has 0 aliphatic rings. The van der Waals surface area contributed by atoms with E-state index in [9.17, 15) is 0 Å². The van der Waals surface area contributed by atoms with E-state index in [-0.39, 0.29) is 29.6 Å². The van der Waals surface area contributed by atoms with Crippen LogP contribution in [0, 0.1) is 0 Å². The molecule has 0 aliphatic carbocycles. The summed E-state index contributed by atoms with van der Waals surface area (Å²) in [5, 5.41) is 0. The van der Waals surface area contributed by atoms with Crippen molar-refractivity contribution in [2.24, 2.45) is 0 Å². The third kappa shape index (κ3) is 23.0. The molecule has 0 radical (unpaired) electrons. The first kappa shape index (κ1) is 28.8. The van der Waals surface area contributed by atoms with Crippen molar-refractivity contribution in [3.63, 3.8) is 0 Å². The molecule has 0 atom stereocenters. The van der Waals surface area contributed by atoms with E-state index in [4.69, 9.17) is 19.2 Å². The van der Waals surface area contributed by atoms with Gasteiger partial charge in [0.25, 0.3) is 0 Å². The molecule has 23 heavy (non-hydrogen) atoms. The van der Waals surface area contributed by atoms with Gasteiger partial charge in [0.05, 0.1) is 26.2 Å². The fraction of sp³-hybridized carbons (Fsp3) is 1.00. The predicted molar refractivity (Wildman–Crippen MR) is 89.6 cm³/mol. The quantitative estimate of drug-likeness (QED) is 0.316. The molecule has 0 spiro atoms. The average Bonchev–Trinajstić information content (AvgIpc) is 2.44. The first-order chi connectivity index (χ1) is 10.2. The number of nitrogens with zero attached hydrogens (tertiary/aromatic N) is 1. The van der Waals surface area contributed by atoms with Crippen LogP contribution in [0.5, 0.6) is 0 Å². The predicted octanol–water partition coefficient (Wildman–Crippen LogP) is -1.87. The van der Waals surface area contributed by atoms with E-state index in [0.29, 0.717) is 0 Å². The SMILES string of the molecule is CCCC[N+](CCCC)(CCCC)CCCC.[Na+].[O-][Si]([O-])(O)O. The maximum absolute atomic E-state index is 8.80. The molecule has 0 aromatic carbocycles. The van der Waals surface area contributed by atoms with Crippen LogP contribution in [0.3, 0.4) is 0 Å². The van der Waals surface area contributed by atoms with Crippen molar-refractivity contribution in [1.29, 1.82) is 0 Å². The maximum Gasteiger partial charge on any atom is 1.00 e. The van der Waals surface area contributed by atoms with E-state index in [2.05, 4.69) is 27.7 Å². The maximum atomic E-state index is 8.80. The summed E-state index contributed by atoms with van der Waals surface area (Å²) in [7, 11) is -5.11. The third-order valence-corrected chi connectivity index (χ3v) is 3.94. The molecule has 2 N–H and O–H groups in total. The minimum atomic E-state index is -5.11. The first-order valence-corrected chi connectivity index (χ1v) is 10.7. The molecule has 0 bridgehead atoms. The molecule has 0 heterocycles. The third-order valence-electron chi connectivity index (χ3n) is 3.94. The summed E-state index contributed by atoms with van der Waals surface area (Å²) in [6, 6.07) is 0. The smallest absolute Gasteiger partial charge is 0.828 e. The number of quaternary nitrogens is 1. The van der Waals surface area contributed by atoms with Gasteiger partial charge in [-0.15, -0.1) is 0 Å². The summed E-state index contributed by atoms with van der Waals surface area (Å²) in [4.78, 5) is 31.8. The van der Waals surface area contributed by atoms with E-state index >= 15 is 0 Å². The number of hydrogen-bond acceptors (Lipinski definition) is 4. The van der Waals surface area contributed by atoms with Crippen molar-refractivity contribution in [2.45, 2.75) is 79.1 Å². The average molecular weight is 360 g/mol. The van der Waals surface area contributed by atoms with E-state index in [1.165, 1.54) is 82.0 Å². The van der Waals surface area contributed by atoms with E-state index in [1.807, 2.05) is 0 Å². The number of unbranched alkanes of at least 4 members (excludes halogenated alkanes) is 4. The standard InChI is InChI=1S/C16H36N.Na.H2O4Si/c1-5-9-13-17(14-10-6-2,15-11-7-3)16-12-8-4;;1-5(2,3)4/h5-16H2,1-4H3;;1-2H/q2*+1;-2. The Morgan fingerprint density at radius 1 is 0.652 bits per heavy atom. The van der Waals surface area contributed by atoms with Gasteiger partial charge in [-0.1, -0.05) is 53.4 Å². The Labute approximate surface area is 167 Å². The van der Waals surface area contributed by atoms with Crippen LogP contribution < -0.4 is 39.1 Å². The van der Waals surface area contributed by atoms with Crippen LogP contribution in [0.1, 0.15) is 79.1 Å². The van der Waals surface area contributed by atoms with Gasteiger partial charge in [-0.05, 0) is 25.7 Å². The van der Waals surface area contributed by atoms with Crippen LogP contribution in [0.15, 0.2) is 0 Å². The van der Waals surface area contributed by atoms with Gasteiger partial charge in [0.1, 0.15) is 9.05 Å². The van der Waals surface area contributed by atoms with Gasteiger partial charge in [0.2, 0.25) is 0 Å². The molecule has 5 nitrogen and oxygen atoms in total. The minimum Gasteiger partial charge on any atom is -0.828 e. The zero-order valence-corrected chi connectivity index (χ0v) is 19.1. The molecule has 7 heteroatoms. The summed E-state index contributed by atoms with van der Waals surface area (Å²) in [5.74, 6) is 0. The van der Waals surface area contributed by atoms with Gasteiger partial charge in [-0.3, -0.25) is 0 Å². The number of hydrogen-bond donors (Lipinski definition) is 2. The van der Waals surface area contributed by atoms with Gasteiger partial charge in [-0.2, -0.15) is 0 Å². The molecule has 0 saturated heterocycles. The number of rotatable bonds is 12. The van der Waals surface area contributed by atoms with Crippen molar-refractivity contribution in [3.05, 3.63) is 0 Å². The largest absolute Gasteiger partial charge is 1.00 e. The fourth-order valence-corrected chi connectivity index (χ4v) is 2.64. The second-order valence-corrected chi connectivity index (χ2v) is 7.30. The molecule has 0 fully saturated rings. The Bertz CT molecular complexity index is 197. The van der Waals surface area contributed by atoms with Gasteiger partial charge in [-0.25, -0.2) is 0 Å². The second-order valence-electron chi connectivity index (χ2n) is 6.20. The summed E-state index contributed by atoms with van der Waals surface area (Å²) in [5.41, 5.74) is 0. The van der Waals surface area contributed by atoms with E-state index in [0.717, 1.165) is 0 Å². The Balaban J connectivity index is -0.000000578. The summed E-state index contributed by atoms with van der Waals surface area (Å²) in [6.07, 6.45) is 11.1. The summed E-state index contributed by atoms with van der Waals surface area (Å²) >= 11 is 0.